The Hall–Kier alpha value is -1.59. The van der Waals surface area contributed by atoms with E-state index in [1.807, 2.05) is 0 Å². The van der Waals surface area contributed by atoms with Crippen molar-refractivity contribution in [3.63, 3.8) is 0 Å². The largest absolute Gasteiger partial charge is 0.398 e. The van der Waals surface area contributed by atoms with E-state index in [4.69, 9.17) is 5.73 Å². The van der Waals surface area contributed by atoms with E-state index >= 15 is 0 Å². The van der Waals surface area contributed by atoms with E-state index in [1.54, 1.807) is 35.8 Å². The Labute approximate surface area is 103 Å². The number of thiazole rings is 1. The molecule has 1 aromatic carbocycles. The van der Waals surface area contributed by atoms with Crippen molar-refractivity contribution in [2.75, 3.05) is 11.1 Å². The lowest BCUT2D eigenvalue weighted by molar-refractivity contribution is 0.102. The Balaban J connectivity index is 0.00000128. The third-order valence-corrected chi connectivity index (χ3v) is 2.55. The Kier molecular flexibility index (Phi) is 4.28. The minimum atomic E-state index is -0.233. The monoisotopic (exact) mass is 255 g/mol. The molecule has 1 heterocycles. The van der Waals surface area contributed by atoms with E-state index in [2.05, 4.69) is 10.3 Å². The van der Waals surface area contributed by atoms with Crippen LogP contribution in [0.4, 0.5) is 10.8 Å². The number of amides is 1. The third-order valence-electron chi connectivity index (χ3n) is 1.86. The lowest BCUT2D eigenvalue weighted by Gasteiger charge is -2.03. The van der Waals surface area contributed by atoms with Crippen LogP contribution in [0.25, 0.3) is 0 Å². The van der Waals surface area contributed by atoms with Crippen molar-refractivity contribution in [3.8, 4) is 0 Å². The second kappa shape index (κ2) is 5.48. The number of nitrogen functional groups attached to an aromatic ring is 1. The van der Waals surface area contributed by atoms with Crippen molar-refractivity contribution in [1.82, 2.24) is 4.98 Å². The molecule has 0 aliphatic heterocycles. The Morgan fingerprint density at radius 1 is 1.38 bits per heavy atom. The number of nitrogens with zero attached hydrogens (tertiary/aromatic N) is 1. The predicted molar refractivity (Wildman–Crippen MR) is 68.2 cm³/mol. The normalized spacial score (nSPS) is 9.25. The van der Waals surface area contributed by atoms with E-state index in [-0.39, 0.29) is 18.3 Å². The molecule has 1 amide bonds. The van der Waals surface area contributed by atoms with E-state index in [9.17, 15) is 4.79 Å². The number of carbonyl (C=O) groups excluding carboxylic acids is 1. The Bertz CT molecular complexity index is 473. The molecule has 1 aromatic heterocycles. The smallest absolute Gasteiger partial charge is 0.259 e. The van der Waals surface area contributed by atoms with Gasteiger partial charge in [-0.2, -0.15) is 0 Å². The van der Waals surface area contributed by atoms with Gasteiger partial charge >= 0.3 is 0 Å². The highest BCUT2D eigenvalue weighted by Crippen LogP contribution is 2.15. The third kappa shape index (κ3) is 2.71. The molecule has 0 unspecified atom stereocenters. The van der Waals surface area contributed by atoms with Gasteiger partial charge in [-0.05, 0) is 12.1 Å². The van der Waals surface area contributed by atoms with Gasteiger partial charge < -0.3 is 5.73 Å². The van der Waals surface area contributed by atoms with E-state index < -0.39 is 0 Å². The fourth-order valence-corrected chi connectivity index (χ4v) is 1.68. The maximum atomic E-state index is 11.7. The molecule has 0 spiro atoms. The summed E-state index contributed by atoms with van der Waals surface area (Å²) in [7, 11) is 0. The maximum Gasteiger partial charge on any atom is 0.259 e. The first-order valence-electron chi connectivity index (χ1n) is 4.33. The molecule has 0 saturated heterocycles. The van der Waals surface area contributed by atoms with Crippen molar-refractivity contribution in [2.24, 2.45) is 0 Å². The van der Waals surface area contributed by atoms with Crippen LogP contribution in [-0.2, 0) is 0 Å². The van der Waals surface area contributed by atoms with Crippen molar-refractivity contribution >= 4 is 40.5 Å². The van der Waals surface area contributed by atoms with Gasteiger partial charge in [0.2, 0.25) is 0 Å². The van der Waals surface area contributed by atoms with Crippen LogP contribution in [-0.4, -0.2) is 10.9 Å². The summed E-state index contributed by atoms with van der Waals surface area (Å²) < 4.78 is 0. The average molecular weight is 256 g/mol. The molecule has 0 bridgehead atoms. The van der Waals surface area contributed by atoms with Gasteiger partial charge in [0.05, 0.1) is 5.56 Å². The molecule has 16 heavy (non-hydrogen) atoms. The zero-order chi connectivity index (χ0) is 10.7. The summed E-state index contributed by atoms with van der Waals surface area (Å²) in [5, 5.41) is 5.04. The number of nitrogens with two attached hydrogens (primary N) is 1. The molecule has 0 aliphatic carbocycles. The minimum absolute atomic E-state index is 0. The maximum absolute atomic E-state index is 11.7. The van der Waals surface area contributed by atoms with Crippen LogP contribution in [0.3, 0.4) is 0 Å². The van der Waals surface area contributed by atoms with Crippen molar-refractivity contribution in [1.29, 1.82) is 0 Å². The highest BCUT2D eigenvalue weighted by Gasteiger charge is 2.09. The van der Waals surface area contributed by atoms with Gasteiger partial charge in [0.1, 0.15) is 0 Å². The zero-order valence-corrected chi connectivity index (χ0v) is 9.85. The fourth-order valence-electron chi connectivity index (χ4n) is 1.15. The highest BCUT2D eigenvalue weighted by atomic mass is 35.5. The molecule has 84 valence electrons. The number of rotatable bonds is 2. The molecular formula is C10H10ClN3OS. The quantitative estimate of drug-likeness (QED) is 0.810. The van der Waals surface area contributed by atoms with Crippen LogP contribution in [0.15, 0.2) is 35.8 Å². The number of para-hydroxylation sites is 1. The molecule has 0 radical (unpaired) electrons. The van der Waals surface area contributed by atoms with Crippen LogP contribution in [0.1, 0.15) is 10.4 Å². The lowest BCUT2D eigenvalue weighted by atomic mass is 10.2. The van der Waals surface area contributed by atoms with Gasteiger partial charge in [-0.3, -0.25) is 10.1 Å². The van der Waals surface area contributed by atoms with Gasteiger partial charge in [0.25, 0.3) is 5.91 Å². The summed E-state index contributed by atoms with van der Waals surface area (Å²) in [5.74, 6) is -0.233. The summed E-state index contributed by atoms with van der Waals surface area (Å²) in [5.41, 5.74) is 6.60. The summed E-state index contributed by atoms with van der Waals surface area (Å²) in [6, 6.07) is 6.93. The number of hydrogen-bond donors (Lipinski definition) is 2. The average Bonchev–Trinajstić information content (AvgIpc) is 2.71. The lowest BCUT2D eigenvalue weighted by Crippen LogP contribution is -2.13. The molecule has 0 fully saturated rings. The van der Waals surface area contributed by atoms with Crippen molar-refractivity contribution < 1.29 is 4.79 Å². The van der Waals surface area contributed by atoms with Gasteiger partial charge in [-0.1, -0.05) is 12.1 Å². The second-order valence-electron chi connectivity index (χ2n) is 2.88. The predicted octanol–water partition coefficient (Wildman–Crippen LogP) is 2.40. The van der Waals surface area contributed by atoms with E-state index in [0.29, 0.717) is 16.4 Å². The van der Waals surface area contributed by atoms with Crippen LogP contribution in [0.2, 0.25) is 0 Å². The first-order chi connectivity index (χ1) is 7.27. The summed E-state index contributed by atoms with van der Waals surface area (Å²) in [6.07, 6.45) is 1.63. The number of aromatic nitrogens is 1. The van der Waals surface area contributed by atoms with Crippen LogP contribution < -0.4 is 11.1 Å². The summed E-state index contributed by atoms with van der Waals surface area (Å²) >= 11 is 1.37. The topological polar surface area (TPSA) is 68.0 Å². The van der Waals surface area contributed by atoms with Crippen LogP contribution in [0, 0.1) is 0 Å². The van der Waals surface area contributed by atoms with Gasteiger partial charge in [-0.15, -0.1) is 23.7 Å². The van der Waals surface area contributed by atoms with Crippen LogP contribution in [0.5, 0.6) is 0 Å². The molecule has 4 nitrogen and oxygen atoms in total. The van der Waals surface area contributed by atoms with E-state index in [0.717, 1.165) is 0 Å². The molecule has 2 rings (SSSR count). The summed E-state index contributed by atoms with van der Waals surface area (Å²) in [6.45, 7) is 0. The van der Waals surface area contributed by atoms with E-state index in [1.165, 1.54) is 11.3 Å². The first kappa shape index (κ1) is 12.5. The number of benzene rings is 1. The molecule has 0 saturated carbocycles. The molecule has 0 aliphatic rings. The minimum Gasteiger partial charge on any atom is -0.398 e. The van der Waals surface area contributed by atoms with Crippen molar-refractivity contribution in [3.05, 3.63) is 41.4 Å². The molecular weight excluding hydrogens is 246 g/mol. The molecule has 2 aromatic rings. The number of halogens is 1. The van der Waals surface area contributed by atoms with Gasteiger partial charge in [0.15, 0.2) is 5.13 Å². The van der Waals surface area contributed by atoms with Crippen LogP contribution >= 0.6 is 23.7 Å². The molecule has 0 atom stereocenters. The zero-order valence-electron chi connectivity index (χ0n) is 8.21. The fraction of sp³-hybridized carbons (Fsp3) is 0. The number of anilines is 2. The first-order valence-corrected chi connectivity index (χ1v) is 5.20. The number of carbonyl (C=O) groups is 1. The van der Waals surface area contributed by atoms with Gasteiger partial charge in [0, 0.05) is 17.3 Å². The van der Waals surface area contributed by atoms with Gasteiger partial charge in [-0.25, -0.2) is 4.98 Å². The summed E-state index contributed by atoms with van der Waals surface area (Å²) in [4.78, 5) is 15.7. The molecule has 6 heteroatoms. The van der Waals surface area contributed by atoms with Crippen molar-refractivity contribution in [2.45, 2.75) is 0 Å². The Morgan fingerprint density at radius 2 is 2.12 bits per heavy atom. The second-order valence-corrected chi connectivity index (χ2v) is 3.77. The highest BCUT2D eigenvalue weighted by molar-refractivity contribution is 7.13. The Morgan fingerprint density at radius 3 is 2.75 bits per heavy atom. The number of hydrogen-bond acceptors (Lipinski definition) is 4. The standard InChI is InChI=1S/C10H9N3OS.ClH/c11-8-4-2-1-3-7(8)9(14)13-10-12-5-6-15-10;/h1-6H,11H2,(H,12,13,14);1H. The SMILES string of the molecule is Cl.Nc1ccccc1C(=O)Nc1nccs1. The number of nitrogens with one attached hydrogen (secondary N) is 1. The molecule has 3 N–H and O–H groups in total.